The van der Waals surface area contributed by atoms with E-state index in [2.05, 4.69) is 10.3 Å². The van der Waals surface area contributed by atoms with Crippen LogP contribution in [-0.4, -0.2) is 84.3 Å². The van der Waals surface area contributed by atoms with Gasteiger partial charge in [-0.05, 0) is 54.2 Å². The van der Waals surface area contributed by atoms with Gasteiger partial charge in [0.05, 0.1) is 28.8 Å². The van der Waals surface area contributed by atoms with Crippen molar-refractivity contribution in [2.45, 2.75) is 72.1 Å². The molecule has 1 fully saturated rings. The number of anilines is 1. The third-order valence-electron chi connectivity index (χ3n) is 8.49. The molecule has 3 atom stereocenters. The molecule has 0 spiro atoms. The highest BCUT2D eigenvalue weighted by molar-refractivity contribution is 7.13. The Morgan fingerprint density at radius 3 is 2.35 bits per heavy atom. The molecule has 1 aliphatic rings. The fraction of sp³-hybridized carbons (Fsp3) is 0.514. The topological polar surface area (TPSA) is 153 Å². The average Bonchev–Trinajstić information content (AvgIpc) is 3.68. The maximum Gasteiger partial charge on any atom is 0.243 e. The largest absolute Gasteiger partial charge is 0.494 e. The molecule has 0 aliphatic carbocycles. The lowest BCUT2D eigenvalue weighted by Crippen LogP contribution is -2.50. The van der Waals surface area contributed by atoms with Crippen molar-refractivity contribution in [3.8, 4) is 16.2 Å². The van der Waals surface area contributed by atoms with E-state index in [0.717, 1.165) is 33.9 Å². The van der Waals surface area contributed by atoms with Crippen LogP contribution in [0.3, 0.4) is 0 Å². The number of Topliss-reactive ketones (excluding diaryl/α,β-unsaturated/α-hetero) is 1. The molecule has 1 aromatic heterocycles. The number of ether oxygens (including phenoxy) is 3. The van der Waals surface area contributed by atoms with Gasteiger partial charge >= 0.3 is 0 Å². The zero-order valence-corrected chi connectivity index (χ0v) is 29.8. The van der Waals surface area contributed by atoms with Gasteiger partial charge in [0.15, 0.2) is 5.78 Å². The van der Waals surface area contributed by atoms with Crippen LogP contribution in [0.25, 0.3) is 10.4 Å². The molecule has 1 aliphatic heterocycles. The predicted molar refractivity (Wildman–Crippen MR) is 190 cm³/mol. The normalized spacial score (nSPS) is 16.8. The van der Waals surface area contributed by atoms with Crippen LogP contribution in [0.5, 0.6) is 5.75 Å². The number of amides is 2. The minimum absolute atomic E-state index is 0.0145. The summed E-state index contributed by atoms with van der Waals surface area (Å²) in [5.41, 5.74) is 10.6. The van der Waals surface area contributed by atoms with Crippen LogP contribution < -0.4 is 15.8 Å². The Morgan fingerprint density at radius 1 is 1.02 bits per heavy atom. The first-order valence-corrected chi connectivity index (χ1v) is 17.7. The van der Waals surface area contributed by atoms with E-state index in [1.165, 1.54) is 4.90 Å². The van der Waals surface area contributed by atoms with Crippen LogP contribution >= 0.6 is 11.3 Å². The quantitative estimate of drug-likeness (QED) is 0.126. The monoisotopic (exact) mass is 694 g/mol. The fourth-order valence-electron chi connectivity index (χ4n) is 5.68. The molecule has 2 amide bonds. The van der Waals surface area contributed by atoms with E-state index < -0.39 is 23.5 Å². The van der Waals surface area contributed by atoms with Crippen LogP contribution in [0.1, 0.15) is 57.7 Å². The number of carbonyl (C=O) groups is 3. The number of nitrogens with two attached hydrogens (primary N) is 1. The molecule has 4 N–H and O–H groups in total. The van der Waals surface area contributed by atoms with Crippen molar-refractivity contribution >= 4 is 34.6 Å². The number of hydrogen-bond donors (Lipinski definition) is 3. The molecule has 0 bridgehead atoms. The maximum absolute atomic E-state index is 13.9. The molecule has 2 heterocycles. The van der Waals surface area contributed by atoms with Gasteiger partial charge in [0.25, 0.3) is 0 Å². The highest BCUT2D eigenvalue weighted by atomic mass is 32.1. The standard InChI is InChI=1S/C37H50N4O7S/c1-25-34(49-24-40-25)27-9-7-26(8-10-27)21-39-35(44)33-20-29(42)22-41(33)36(45)32(37(2,3)4)19-30(43)23-47-17-5-15-46-16-6-18-48-31-13-11-28(38)12-14-31/h7-14,24,29,32-33,42H,5-6,15-23,38H2,1-4H3,(H,39,44)/t29-,32-,33+/m1/s1. The van der Waals surface area contributed by atoms with Crippen LogP contribution in [-0.2, 0) is 30.4 Å². The number of aliphatic hydroxyl groups excluding tert-OH is 1. The number of aliphatic hydroxyl groups is 1. The molecule has 0 radical (unpaired) electrons. The molecule has 11 nitrogen and oxygen atoms in total. The number of benzene rings is 2. The minimum Gasteiger partial charge on any atom is -0.494 e. The highest BCUT2D eigenvalue weighted by Gasteiger charge is 2.44. The zero-order valence-electron chi connectivity index (χ0n) is 29.0. The zero-order chi connectivity index (χ0) is 35.4. The Labute approximate surface area is 293 Å². The first-order chi connectivity index (χ1) is 23.4. The summed E-state index contributed by atoms with van der Waals surface area (Å²) in [5.74, 6) is -0.735. The van der Waals surface area contributed by atoms with E-state index in [9.17, 15) is 19.5 Å². The van der Waals surface area contributed by atoms with E-state index in [4.69, 9.17) is 19.9 Å². The van der Waals surface area contributed by atoms with Crippen molar-refractivity contribution in [3.63, 3.8) is 0 Å². The van der Waals surface area contributed by atoms with E-state index in [0.29, 0.717) is 38.5 Å². The lowest BCUT2D eigenvalue weighted by molar-refractivity contribution is -0.146. The highest BCUT2D eigenvalue weighted by Crippen LogP contribution is 2.33. The minimum atomic E-state index is -0.820. The summed E-state index contributed by atoms with van der Waals surface area (Å²) in [4.78, 5) is 47.0. The lowest BCUT2D eigenvalue weighted by atomic mass is 9.77. The van der Waals surface area contributed by atoms with Gasteiger partial charge in [-0.3, -0.25) is 14.4 Å². The van der Waals surface area contributed by atoms with Gasteiger partial charge < -0.3 is 35.3 Å². The number of β-amino-alcohol motifs (C(OH)–C–C–N with tert-alkyl or cyclic N) is 1. The molecule has 12 heteroatoms. The first-order valence-electron chi connectivity index (χ1n) is 16.8. The number of nitrogens with one attached hydrogen (secondary N) is 1. The molecule has 0 saturated carbocycles. The molecule has 3 aromatic rings. The number of likely N-dealkylation sites (tertiary alicyclic amines) is 1. The molecule has 0 unspecified atom stereocenters. The number of ketones is 1. The van der Waals surface area contributed by atoms with Gasteiger partial charge in [-0.25, -0.2) is 4.98 Å². The number of aromatic nitrogens is 1. The number of nitrogen functional groups attached to an aromatic ring is 1. The second kappa shape index (κ2) is 18.2. The van der Waals surface area contributed by atoms with E-state index in [1.54, 1.807) is 23.5 Å². The van der Waals surface area contributed by atoms with Crippen molar-refractivity contribution in [1.82, 2.24) is 15.2 Å². The van der Waals surface area contributed by atoms with E-state index in [-0.39, 0.29) is 50.1 Å². The van der Waals surface area contributed by atoms with Gasteiger partial charge in [-0.15, -0.1) is 11.3 Å². The molecule has 266 valence electrons. The summed E-state index contributed by atoms with van der Waals surface area (Å²) in [6.07, 6.45) is 0.683. The number of nitrogens with zero attached hydrogens (tertiary/aromatic N) is 2. The average molecular weight is 695 g/mol. The van der Waals surface area contributed by atoms with Gasteiger partial charge in [0, 0.05) is 63.8 Å². The van der Waals surface area contributed by atoms with Crippen molar-refractivity contribution < 1.29 is 33.7 Å². The van der Waals surface area contributed by atoms with Crippen LogP contribution in [0, 0.1) is 18.3 Å². The SMILES string of the molecule is Cc1ncsc1-c1ccc(CNC(=O)[C@@H]2C[C@@H](O)CN2C(=O)[C@@H](CC(=O)COCCCOCCCOc2ccc(N)cc2)C(C)(C)C)cc1. The van der Waals surface area contributed by atoms with Crippen molar-refractivity contribution in [1.29, 1.82) is 0 Å². The van der Waals surface area contributed by atoms with Crippen LogP contribution in [0.15, 0.2) is 54.0 Å². The maximum atomic E-state index is 13.9. The summed E-state index contributed by atoms with van der Waals surface area (Å²) in [5, 5.41) is 13.4. The second-order valence-corrected chi connectivity index (χ2v) is 14.4. The Kier molecular flexibility index (Phi) is 14.1. The van der Waals surface area contributed by atoms with Gasteiger partial charge in [-0.2, -0.15) is 0 Å². The number of rotatable bonds is 18. The fourth-order valence-corrected chi connectivity index (χ4v) is 6.49. The summed E-state index contributed by atoms with van der Waals surface area (Å²) < 4.78 is 16.9. The molecule has 1 saturated heterocycles. The molecule has 4 rings (SSSR count). The Balaban J connectivity index is 1.18. The van der Waals surface area contributed by atoms with E-state index >= 15 is 0 Å². The second-order valence-electron chi connectivity index (χ2n) is 13.5. The van der Waals surface area contributed by atoms with Gasteiger partial charge in [0.2, 0.25) is 11.8 Å². The summed E-state index contributed by atoms with van der Waals surface area (Å²) in [6, 6.07) is 14.3. The number of thiazole rings is 1. The number of aryl methyl sites for hydroxylation is 1. The Bertz CT molecular complexity index is 1500. The predicted octanol–water partition coefficient (Wildman–Crippen LogP) is 4.79. The third-order valence-corrected chi connectivity index (χ3v) is 9.47. The van der Waals surface area contributed by atoms with Crippen LogP contribution in [0.4, 0.5) is 5.69 Å². The lowest BCUT2D eigenvalue weighted by Gasteiger charge is -2.34. The van der Waals surface area contributed by atoms with Crippen molar-refractivity contribution in [2.75, 3.05) is 45.3 Å². The number of hydrogen-bond acceptors (Lipinski definition) is 10. The molecular weight excluding hydrogens is 644 g/mol. The number of carbonyl (C=O) groups excluding carboxylic acids is 3. The first kappa shape index (κ1) is 38.0. The molecule has 49 heavy (non-hydrogen) atoms. The Hall–Kier alpha value is -3.84. The Morgan fingerprint density at radius 2 is 1.69 bits per heavy atom. The van der Waals surface area contributed by atoms with E-state index in [1.807, 2.05) is 69.6 Å². The molecule has 2 aromatic carbocycles. The van der Waals surface area contributed by atoms with Crippen LogP contribution in [0.2, 0.25) is 0 Å². The summed E-state index contributed by atoms with van der Waals surface area (Å²) in [6.45, 7) is 9.85. The van der Waals surface area contributed by atoms with Crippen molar-refractivity contribution in [3.05, 3.63) is 65.3 Å². The van der Waals surface area contributed by atoms with Gasteiger partial charge in [0.1, 0.15) is 18.4 Å². The van der Waals surface area contributed by atoms with Gasteiger partial charge in [-0.1, -0.05) is 45.0 Å². The molecular formula is C37H50N4O7S. The smallest absolute Gasteiger partial charge is 0.243 e. The van der Waals surface area contributed by atoms with Crippen molar-refractivity contribution in [2.24, 2.45) is 11.3 Å². The summed E-state index contributed by atoms with van der Waals surface area (Å²) >= 11 is 1.58. The summed E-state index contributed by atoms with van der Waals surface area (Å²) in [7, 11) is 0. The third kappa shape index (κ3) is 11.6.